The van der Waals surface area contributed by atoms with Crippen molar-refractivity contribution in [1.82, 2.24) is 4.98 Å². The molecule has 0 aliphatic carbocycles. The van der Waals surface area contributed by atoms with Crippen molar-refractivity contribution in [2.45, 2.75) is 13.5 Å². The molecule has 2 aromatic carbocycles. The number of fused-ring (bicyclic) bond motifs is 1. The summed E-state index contributed by atoms with van der Waals surface area (Å²) in [5, 5.41) is 1.07. The van der Waals surface area contributed by atoms with Crippen molar-refractivity contribution < 1.29 is 9.53 Å². The number of nitrogens with zero attached hydrogens (tertiary/aromatic N) is 1. The van der Waals surface area contributed by atoms with Crippen molar-refractivity contribution in [2.75, 3.05) is 0 Å². The average Bonchev–Trinajstić information content (AvgIpc) is 2.53. The van der Waals surface area contributed by atoms with Gasteiger partial charge in [0.25, 0.3) is 0 Å². The second-order valence-corrected chi connectivity index (χ2v) is 4.94. The van der Waals surface area contributed by atoms with Crippen LogP contribution in [-0.4, -0.2) is 11.3 Å². The number of benzene rings is 2. The molecule has 0 spiro atoms. The van der Waals surface area contributed by atoms with Gasteiger partial charge in [0, 0.05) is 17.1 Å². The molecule has 3 nitrogen and oxygen atoms in total. The summed E-state index contributed by atoms with van der Waals surface area (Å²) in [6, 6.07) is 15.5. The number of ether oxygens (including phenoxy) is 1. The van der Waals surface area contributed by atoms with Crippen LogP contribution in [0, 0.1) is 6.92 Å². The molecular formula is C18H15NO2. The third kappa shape index (κ3) is 2.77. The van der Waals surface area contributed by atoms with Crippen LogP contribution in [0.3, 0.4) is 0 Å². The summed E-state index contributed by atoms with van der Waals surface area (Å²) in [5.74, 6) is 0.608. The average molecular weight is 277 g/mol. The number of para-hydroxylation sites is 1. The van der Waals surface area contributed by atoms with Crippen molar-refractivity contribution in [3.63, 3.8) is 0 Å². The van der Waals surface area contributed by atoms with Crippen molar-refractivity contribution in [3.8, 4) is 5.75 Å². The van der Waals surface area contributed by atoms with E-state index in [2.05, 4.69) is 4.98 Å². The Bertz CT molecular complexity index is 791. The summed E-state index contributed by atoms with van der Waals surface area (Å²) < 4.78 is 5.82. The lowest BCUT2D eigenvalue weighted by molar-refractivity contribution is 0.111. The van der Waals surface area contributed by atoms with Crippen LogP contribution >= 0.6 is 0 Å². The highest BCUT2D eigenvalue weighted by Crippen LogP contribution is 2.22. The Labute approximate surface area is 123 Å². The number of aryl methyl sites for hydroxylation is 1. The maximum absolute atomic E-state index is 11.1. The molecule has 104 valence electrons. The lowest BCUT2D eigenvalue weighted by atomic mass is 10.1. The summed E-state index contributed by atoms with van der Waals surface area (Å²) in [6.07, 6.45) is 2.60. The lowest BCUT2D eigenvalue weighted by Crippen LogP contribution is -2.00. The van der Waals surface area contributed by atoms with Gasteiger partial charge in [0.15, 0.2) is 6.29 Å². The first-order valence-corrected chi connectivity index (χ1v) is 6.79. The van der Waals surface area contributed by atoms with E-state index in [1.54, 1.807) is 6.20 Å². The van der Waals surface area contributed by atoms with Gasteiger partial charge in [-0.2, -0.15) is 0 Å². The number of aromatic nitrogens is 1. The minimum absolute atomic E-state index is 0.410. The second kappa shape index (κ2) is 5.75. The Morgan fingerprint density at radius 2 is 2.00 bits per heavy atom. The van der Waals surface area contributed by atoms with Crippen LogP contribution in [0.15, 0.2) is 54.7 Å². The molecule has 0 N–H and O–H groups in total. The lowest BCUT2D eigenvalue weighted by Gasteiger charge is -2.10. The summed E-state index contributed by atoms with van der Waals surface area (Å²) in [6.45, 7) is 2.36. The van der Waals surface area contributed by atoms with Gasteiger partial charge in [-0.05, 0) is 31.2 Å². The van der Waals surface area contributed by atoms with Gasteiger partial charge in [-0.1, -0.05) is 29.8 Å². The molecule has 3 aromatic rings. The number of aldehydes is 1. The van der Waals surface area contributed by atoms with Crippen molar-refractivity contribution in [2.24, 2.45) is 0 Å². The van der Waals surface area contributed by atoms with E-state index in [4.69, 9.17) is 4.74 Å². The standard InChI is InChI=1S/C18H15NO2/c1-13-6-7-18(15(10-13)11-20)21-12-14-8-9-19-17-5-3-2-4-16(14)17/h2-11H,12H2,1H3. The van der Waals surface area contributed by atoms with Gasteiger partial charge in [0.2, 0.25) is 0 Å². The van der Waals surface area contributed by atoms with Crippen LogP contribution < -0.4 is 4.74 Å². The summed E-state index contributed by atoms with van der Waals surface area (Å²) >= 11 is 0. The summed E-state index contributed by atoms with van der Waals surface area (Å²) in [4.78, 5) is 15.4. The SMILES string of the molecule is Cc1ccc(OCc2ccnc3ccccc23)c(C=O)c1. The fourth-order valence-corrected chi connectivity index (χ4v) is 2.33. The van der Waals surface area contributed by atoms with Gasteiger partial charge < -0.3 is 4.74 Å². The predicted molar refractivity (Wildman–Crippen MR) is 82.6 cm³/mol. The molecule has 1 aromatic heterocycles. The Morgan fingerprint density at radius 3 is 2.86 bits per heavy atom. The Balaban J connectivity index is 1.89. The quantitative estimate of drug-likeness (QED) is 0.678. The molecule has 0 saturated carbocycles. The van der Waals surface area contributed by atoms with Crippen LogP contribution in [-0.2, 0) is 6.61 Å². The van der Waals surface area contributed by atoms with Crippen LogP contribution in [0.4, 0.5) is 0 Å². The van der Waals surface area contributed by atoms with E-state index in [9.17, 15) is 4.79 Å². The highest BCUT2D eigenvalue weighted by molar-refractivity contribution is 5.82. The van der Waals surface area contributed by atoms with E-state index in [1.807, 2.05) is 55.5 Å². The zero-order valence-electron chi connectivity index (χ0n) is 11.7. The molecule has 0 saturated heterocycles. The maximum Gasteiger partial charge on any atom is 0.153 e. The Morgan fingerprint density at radius 1 is 1.14 bits per heavy atom. The van der Waals surface area contributed by atoms with Crippen LogP contribution in [0.5, 0.6) is 5.75 Å². The first kappa shape index (κ1) is 13.3. The summed E-state index contributed by atoms with van der Waals surface area (Å²) in [7, 11) is 0. The van der Waals surface area contributed by atoms with Crippen molar-refractivity contribution in [3.05, 3.63) is 71.4 Å². The highest BCUT2D eigenvalue weighted by Gasteiger charge is 2.06. The third-order valence-corrected chi connectivity index (χ3v) is 3.41. The molecule has 0 radical (unpaired) electrons. The molecule has 0 bridgehead atoms. The molecule has 0 aliphatic heterocycles. The normalized spacial score (nSPS) is 10.5. The molecule has 0 unspecified atom stereocenters. The van der Waals surface area contributed by atoms with E-state index >= 15 is 0 Å². The number of hydrogen-bond donors (Lipinski definition) is 0. The van der Waals surface area contributed by atoms with Gasteiger partial charge >= 0.3 is 0 Å². The van der Waals surface area contributed by atoms with Crippen LogP contribution in [0.2, 0.25) is 0 Å². The Kier molecular flexibility index (Phi) is 3.65. The van der Waals surface area contributed by atoms with Crippen molar-refractivity contribution in [1.29, 1.82) is 0 Å². The van der Waals surface area contributed by atoms with Gasteiger partial charge in [-0.3, -0.25) is 9.78 Å². The molecule has 21 heavy (non-hydrogen) atoms. The van der Waals surface area contributed by atoms with E-state index in [1.165, 1.54) is 0 Å². The van der Waals surface area contributed by atoms with E-state index in [0.29, 0.717) is 17.9 Å². The molecule has 3 rings (SSSR count). The molecule has 3 heteroatoms. The number of hydrogen-bond acceptors (Lipinski definition) is 3. The number of carbonyl (C=O) groups excluding carboxylic acids is 1. The maximum atomic E-state index is 11.1. The molecule has 0 aliphatic rings. The van der Waals surface area contributed by atoms with Crippen LogP contribution in [0.1, 0.15) is 21.5 Å². The first-order chi connectivity index (χ1) is 10.3. The Hall–Kier alpha value is -2.68. The van der Waals surface area contributed by atoms with Crippen LogP contribution in [0.25, 0.3) is 10.9 Å². The number of pyridine rings is 1. The van der Waals surface area contributed by atoms with Gasteiger partial charge in [-0.25, -0.2) is 0 Å². The van der Waals surface area contributed by atoms with Gasteiger partial charge in [0.1, 0.15) is 12.4 Å². The minimum Gasteiger partial charge on any atom is -0.488 e. The van der Waals surface area contributed by atoms with Gasteiger partial charge in [0.05, 0.1) is 11.1 Å². The monoisotopic (exact) mass is 277 g/mol. The minimum atomic E-state index is 0.410. The highest BCUT2D eigenvalue weighted by atomic mass is 16.5. The molecular weight excluding hydrogens is 262 g/mol. The number of carbonyl (C=O) groups is 1. The zero-order chi connectivity index (χ0) is 14.7. The largest absolute Gasteiger partial charge is 0.488 e. The van der Waals surface area contributed by atoms with Crippen molar-refractivity contribution >= 4 is 17.2 Å². The third-order valence-electron chi connectivity index (χ3n) is 3.41. The second-order valence-electron chi connectivity index (χ2n) is 4.94. The first-order valence-electron chi connectivity index (χ1n) is 6.79. The van der Waals surface area contributed by atoms with E-state index in [-0.39, 0.29) is 0 Å². The van der Waals surface area contributed by atoms with E-state index < -0.39 is 0 Å². The van der Waals surface area contributed by atoms with Gasteiger partial charge in [-0.15, -0.1) is 0 Å². The smallest absolute Gasteiger partial charge is 0.153 e. The summed E-state index contributed by atoms with van der Waals surface area (Å²) in [5.41, 5.74) is 3.61. The molecule has 0 atom stereocenters. The zero-order valence-corrected chi connectivity index (χ0v) is 11.7. The fraction of sp³-hybridized carbons (Fsp3) is 0.111. The predicted octanol–water partition coefficient (Wildman–Crippen LogP) is 3.93. The molecule has 0 fully saturated rings. The van der Waals surface area contributed by atoms with E-state index in [0.717, 1.165) is 28.3 Å². The fourth-order valence-electron chi connectivity index (χ4n) is 2.33. The topological polar surface area (TPSA) is 39.2 Å². The molecule has 1 heterocycles. The number of rotatable bonds is 4. The molecule has 0 amide bonds.